The molecule has 1 heterocycles. The average molecular weight is 455 g/mol. The number of alkyl halides is 3. The van der Waals surface area contributed by atoms with Crippen molar-refractivity contribution in [2.24, 2.45) is 0 Å². The Morgan fingerprint density at radius 2 is 1.50 bits per heavy atom. The van der Waals surface area contributed by atoms with Crippen molar-refractivity contribution in [1.82, 2.24) is 4.90 Å². The standard InChI is InChI=1S/C22H24F3NO6/c1-28-15-8-6-7-13(18(15)30-3)17-14-11-16(29-2)20(32-5)19(31-4)12(14)9-10-26(17)21(27)22(23,24)25/h6-8,11,17H,9-10H2,1-5H3. The number of halogens is 3. The zero-order valence-electron chi connectivity index (χ0n) is 18.3. The van der Waals surface area contributed by atoms with Gasteiger partial charge in [-0.05, 0) is 24.1 Å². The molecule has 1 aliphatic heterocycles. The maximum Gasteiger partial charge on any atom is 0.471 e. The van der Waals surface area contributed by atoms with Crippen molar-refractivity contribution in [3.8, 4) is 28.7 Å². The molecular formula is C22H24F3NO6. The van der Waals surface area contributed by atoms with Gasteiger partial charge >= 0.3 is 12.1 Å². The largest absolute Gasteiger partial charge is 0.493 e. The Morgan fingerprint density at radius 1 is 0.875 bits per heavy atom. The van der Waals surface area contributed by atoms with Crippen LogP contribution in [0.3, 0.4) is 0 Å². The lowest BCUT2D eigenvalue weighted by Crippen LogP contribution is -2.47. The second-order valence-electron chi connectivity index (χ2n) is 6.94. The number of rotatable bonds is 6. The number of fused-ring (bicyclic) bond motifs is 1. The molecule has 0 saturated carbocycles. The van der Waals surface area contributed by atoms with Crippen molar-refractivity contribution in [3.63, 3.8) is 0 Å². The minimum absolute atomic E-state index is 0.128. The minimum atomic E-state index is -5.05. The molecule has 1 atom stereocenters. The molecule has 1 amide bonds. The van der Waals surface area contributed by atoms with E-state index in [0.29, 0.717) is 33.9 Å². The van der Waals surface area contributed by atoms with Crippen LogP contribution < -0.4 is 23.7 Å². The Hall–Kier alpha value is -3.30. The maximum absolute atomic E-state index is 13.5. The summed E-state index contributed by atoms with van der Waals surface area (Å²) in [6, 6.07) is 5.28. The Labute approximate surface area is 183 Å². The SMILES string of the molecule is COc1cccc(C2c3cc(OC)c(OC)c(OC)c3CCN2C(=O)C(F)(F)F)c1OC. The van der Waals surface area contributed by atoms with Gasteiger partial charge in [0.2, 0.25) is 5.75 Å². The van der Waals surface area contributed by atoms with Crippen molar-refractivity contribution < 1.29 is 41.7 Å². The summed E-state index contributed by atoms with van der Waals surface area (Å²) in [5, 5.41) is 0. The number of hydrogen-bond acceptors (Lipinski definition) is 6. The Balaban J connectivity index is 2.36. The summed E-state index contributed by atoms with van der Waals surface area (Å²) in [4.78, 5) is 13.2. The Morgan fingerprint density at radius 3 is 2.03 bits per heavy atom. The third kappa shape index (κ3) is 3.85. The highest BCUT2D eigenvalue weighted by atomic mass is 19.4. The first-order valence-electron chi connectivity index (χ1n) is 9.63. The third-order valence-electron chi connectivity index (χ3n) is 5.41. The number of hydrogen-bond donors (Lipinski definition) is 0. The molecular weight excluding hydrogens is 431 g/mol. The lowest BCUT2D eigenvalue weighted by atomic mass is 9.86. The molecule has 2 aromatic rings. The van der Waals surface area contributed by atoms with Crippen molar-refractivity contribution in [2.75, 3.05) is 42.1 Å². The molecule has 174 valence electrons. The van der Waals surface area contributed by atoms with Gasteiger partial charge < -0.3 is 28.6 Å². The summed E-state index contributed by atoms with van der Waals surface area (Å²) in [5.41, 5.74) is 1.36. The van der Waals surface area contributed by atoms with E-state index in [2.05, 4.69) is 0 Å². The lowest BCUT2D eigenvalue weighted by Gasteiger charge is -2.39. The van der Waals surface area contributed by atoms with E-state index in [1.165, 1.54) is 35.5 Å². The van der Waals surface area contributed by atoms with Crippen molar-refractivity contribution in [3.05, 3.63) is 41.0 Å². The lowest BCUT2D eigenvalue weighted by molar-refractivity contribution is -0.187. The number of carbonyl (C=O) groups is 1. The van der Waals surface area contributed by atoms with Crippen LogP contribution in [0.15, 0.2) is 24.3 Å². The first-order chi connectivity index (χ1) is 15.2. The fourth-order valence-corrected chi connectivity index (χ4v) is 4.11. The van der Waals surface area contributed by atoms with E-state index in [1.807, 2.05) is 0 Å². The molecule has 7 nitrogen and oxygen atoms in total. The van der Waals surface area contributed by atoms with E-state index in [9.17, 15) is 18.0 Å². The van der Waals surface area contributed by atoms with Crippen LogP contribution in [0.1, 0.15) is 22.7 Å². The van der Waals surface area contributed by atoms with Crippen LogP contribution in [0.2, 0.25) is 0 Å². The predicted molar refractivity (Wildman–Crippen MR) is 109 cm³/mol. The van der Waals surface area contributed by atoms with Gasteiger partial charge in [-0.3, -0.25) is 4.79 Å². The number of nitrogens with zero attached hydrogens (tertiary/aromatic N) is 1. The zero-order chi connectivity index (χ0) is 23.6. The first-order valence-corrected chi connectivity index (χ1v) is 9.63. The number of carbonyl (C=O) groups excluding carboxylic acids is 1. The quantitative estimate of drug-likeness (QED) is 0.661. The average Bonchev–Trinajstić information content (AvgIpc) is 2.79. The molecule has 1 aliphatic rings. The molecule has 0 aromatic heterocycles. The second kappa shape index (κ2) is 9.05. The number of para-hydroxylation sites is 1. The molecule has 10 heteroatoms. The van der Waals surface area contributed by atoms with E-state index in [-0.39, 0.29) is 24.5 Å². The number of methoxy groups -OCH3 is 5. The van der Waals surface area contributed by atoms with Crippen LogP contribution in [0, 0.1) is 0 Å². The fourth-order valence-electron chi connectivity index (χ4n) is 4.11. The number of ether oxygens (including phenoxy) is 5. The highest BCUT2D eigenvalue weighted by molar-refractivity contribution is 5.83. The predicted octanol–water partition coefficient (Wildman–Crippen LogP) is 3.77. The van der Waals surface area contributed by atoms with Crippen LogP contribution in [0.25, 0.3) is 0 Å². The Kier molecular flexibility index (Phi) is 6.61. The molecule has 0 N–H and O–H groups in total. The van der Waals surface area contributed by atoms with Gasteiger partial charge in [0.25, 0.3) is 0 Å². The monoisotopic (exact) mass is 455 g/mol. The van der Waals surface area contributed by atoms with Crippen LogP contribution in [-0.2, 0) is 11.2 Å². The summed E-state index contributed by atoms with van der Waals surface area (Å²) < 4.78 is 67.7. The second-order valence-corrected chi connectivity index (χ2v) is 6.94. The van der Waals surface area contributed by atoms with E-state index < -0.39 is 18.1 Å². The molecule has 0 spiro atoms. The van der Waals surface area contributed by atoms with E-state index >= 15 is 0 Å². The smallest absolute Gasteiger partial charge is 0.471 e. The van der Waals surface area contributed by atoms with Crippen LogP contribution >= 0.6 is 0 Å². The van der Waals surface area contributed by atoms with E-state index in [0.717, 1.165) is 4.90 Å². The molecule has 3 rings (SSSR count). The zero-order valence-corrected chi connectivity index (χ0v) is 18.3. The highest BCUT2D eigenvalue weighted by Gasteiger charge is 2.48. The van der Waals surface area contributed by atoms with Crippen molar-refractivity contribution in [1.29, 1.82) is 0 Å². The Bertz CT molecular complexity index is 1010. The third-order valence-corrected chi connectivity index (χ3v) is 5.41. The summed E-state index contributed by atoms with van der Waals surface area (Å²) in [6.45, 7) is -0.192. The van der Waals surface area contributed by atoms with Gasteiger partial charge in [0.15, 0.2) is 23.0 Å². The fraction of sp³-hybridized carbons (Fsp3) is 0.409. The van der Waals surface area contributed by atoms with E-state index in [4.69, 9.17) is 23.7 Å². The molecule has 0 aliphatic carbocycles. The summed E-state index contributed by atoms with van der Waals surface area (Å²) in [5.74, 6) is -0.484. The molecule has 0 fully saturated rings. The van der Waals surface area contributed by atoms with Crippen LogP contribution in [-0.4, -0.2) is 59.1 Å². The topological polar surface area (TPSA) is 66.5 Å². The van der Waals surface area contributed by atoms with Gasteiger partial charge in [-0.25, -0.2) is 0 Å². The first kappa shape index (κ1) is 23.4. The van der Waals surface area contributed by atoms with Gasteiger partial charge in [0.05, 0.1) is 41.6 Å². The van der Waals surface area contributed by atoms with Gasteiger partial charge in [0.1, 0.15) is 0 Å². The molecule has 1 unspecified atom stereocenters. The molecule has 32 heavy (non-hydrogen) atoms. The van der Waals surface area contributed by atoms with Crippen molar-refractivity contribution in [2.45, 2.75) is 18.6 Å². The van der Waals surface area contributed by atoms with Crippen LogP contribution in [0.5, 0.6) is 28.7 Å². The van der Waals surface area contributed by atoms with Crippen molar-refractivity contribution >= 4 is 5.91 Å². The number of amides is 1. The number of benzene rings is 2. The molecule has 0 radical (unpaired) electrons. The van der Waals surface area contributed by atoms with Gasteiger partial charge in [-0.2, -0.15) is 13.2 Å². The summed E-state index contributed by atoms with van der Waals surface area (Å²) in [6.07, 6.45) is -4.92. The van der Waals surface area contributed by atoms with Gasteiger partial charge in [-0.15, -0.1) is 0 Å². The van der Waals surface area contributed by atoms with Gasteiger partial charge in [0, 0.05) is 17.7 Å². The minimum Gasteiger partial charge on any atom is -0.493 e. The van der Waals surface area contributed by atoms with E-state index in [1.54, 1.807) is 24.3 Å². The summed E-state index contributed by atoms with van der Waals surface area (Å²) in [7, 11) is 7.10. The molecule has 0 bridgehead atoms. The van der Waals surface area contributed by atoms with Gasteiger partial charge in [-0.1, -0.05) is 12.1 Å². The molecule has 0 saturated heterocycles. The highest BCUT2D eigenvalue weighted by Crippen LogP contribution is 2.50. The maximum atomic E-state index is 13.5. The van der Waals surface area contributed by atoms with Crippen LogP contribution in [0.4, 0.5) is 13.2 Å². The molecule has 2 aromatic carbocycles. The summed E-state index contributed by atoms with van der Waals surface area (Å²) >= 11 is 0. The normalized spacial score (nSPS) is 15.6.